The molecular formula is C23H31N5O2S. The van der Waals surface area contributed by atoms with Gasteiger partial charge >= 0.3 is 0 Å². The molecule has 0 saturated carbocycles. The Labute approximate surface area is 188 Å². The molecule has 7 nitrogen and oxygen atoms in total. The Hall–Kier alpha value is -2.58. The Kier molecular flexibility index (Phi) is 7.23. The average Bonchev–Trinajstić information content (AvgIpc) is 3.21. The highest BCUT2D eigenvalue weighted by Crippen LogP contribution is 2.35. The van der Waals surface area contributed by atoms with Crippen LogP contribution in [0.2, 0.25) is 0 Å². The minimum Gasteiger partial charge on any atom is -0.493 e. The number of hydrogen-bond acceptors (Lipinski definition) is 8. The number of aromatic nitrogens is 4. The molecule has 3 rings (SSSR count). The summed E-state index contributed by atoms with van der Waals surface area (Å²) < 4.78 is 16.0. The first-order chi connectivity index (χ1) is 14.7. The molecule has 0 spiro atoms. The summed E-state index contributed by atoms with van der Waals surface area (Å²) in [7, 11) is 3.77. The lowest BCUT2D eigenvalue weighted by Crippen LogP contribution is -2.20. The molecule has 0 aliphatic carbocycles. The van der Waals surface area contributed by atoms with Gasteiger partial charge in [-0.3, -0.25) is 4.98 Å². The zero-order chi connectivity index (χ0) is 22.6. The molecule has 0 fully saturated rings. The van der Waals surface area contributed by atoms with Crippen LogP contribution in [0.15, 0.2) is 24.5 Å². The summed E-state index contributed by atoms with van der Waals surface area (Å²) >= 11 is 1.18. The Balaban J connectivity index is 1.77. The average molecular weight is 442 g/mol. The molecule has 0 N–H and O–H groups in total. The minimum atomic E-state index is -0.0537. The summed E-state index contributed by atoms with van der Waals surface area (Å²) in [5.41, 5.74) is 3.90. The summed E-state index contributed by atoms with van der Waals surface area (Å²) in [6.07, 6.45) is 4.44. The molecule has 166 valence electrons. The SMILES string of the molecule is CCN(C)CCc1cc(OC)c(Oc2nc(-c3cnc(C(C)(C)C)cn3)ns2)cc1C. The van der Waals surface area contributed by atoms with Crippen molar-refractivity contribution in [3.05, 3.63) is 41.3 Å². The Morgan fingerprint density at radius 2 is 1.87 bits per heavy atom. The van der Waals surface area contributed by atoms with Crippen LogP contribution in [0.3, 0.4) is 0 Å². The molecule has 0 atom stereocenters. The second-order valence-electron chi connectivity index (χ2n) is 8.60. The van der Waals surface area contributed by atoms with E-state index in [1.54, 1.807) is 19.5 Å². The third-order valence-electron chi connectivity index (χ3n) is 5.18. The normalized spacial score (nSPS) is 11.7. The van der Waals surface area contributed by atoms with E-state index in [0.717, 1.165) is 30.8 Å². The fourth-order valence-electron chi connectivity index (χ4n) is 2.96. The van der Waals surface area contributed by atoms with Crippen molar-refractivity contribution in [2.24, 2.45) is 0 Å². The van der Waals surface area contributed by atoms with Gasteiger partial charge in [0, 0.05) is 29.7 Å². The van der Waals surface area contributed by atoms with E-state index in [9.17, 15) is 0 Å². The van der Waals surface area contributed by atoms with Crippen molar-refractivity contribution in [3.63, 3.8) is 0 Å². The Morgan fingerprint density at radius 3 is 2.48 bits per heavy atom. The summed E-state index contributed by atoms with van der Waals surface area (Å²) in [5.74, 6) is 1.82. The van der Waals surface area contributed by atoms with Crippen molar-refractivity contribution in [1.29, 1.82) is 0 Å². The van der Waals surface area contributed by atoms with E-state index in [-0.39, 0.29) is 5.41 Å². The fraction of sp³-hybridized carbons (Fsp3) is 0.478. The number of nitrogens with zero attached hydrogens (tertiary/aromatic N) is 5. The van der Waals surface area contributed by atoms with Gasteiger partial charge in [-0.05, 0) is 50.2 Å². The number of aryl methyl sites for hydroxylation is 1. The van der Waals surface area contributed by atoms with E-state index in [1.807, 2.05) is 12.1 Å². The van der Waals surface area contributed by atoms with Gasteiger partial charge in [0.25, 0.3) is 5.19 Å². The van der Waals surface area contributed by atoms with Gasteiger partial charge in [-0.2, -0.15) is 9.36 Å². The number of rotatable bonds is 8. The van der Waals surface area contributed by atoms with Gasteiger partial charge in [-0.15, -0.1) is 0 Å². The Morgan fingerprint density at radius 1 is 1.10 bits per heavy atom. The monoisotopic (exact) mass is 441 g/mol. The molecule has 8 heteroatoms. The van der Waals surface area contributed by atoms with Crippen molar-refractivity contribution in [1.82, 2.24) is 24.2 Å². The van der Waals surface area contributed by atoms with Crippen LogP contribution in [0.5, 0.6) is 16.7 Å². The largest absolute Gasteiger partial charge is 0.493 e. The summed E-state index contributed by atoms with van der Waals surface area (Å²) in [6.45, 7) is 12.6. The molecule has 3 aromatic rings. The van der Waals surface area contributed by atoms with Crippen molar-refractivity contribution in [2.75, 3.05) is 27.2 Å². The molecule has 0 aliphatic heterocycles. The first-order valence-electron chi connectivity index (χ1n) is 10.4. The minimum absolute atomic E-state index is 0.0537. The molecule has 2 aromatic heterocycles. The van der Waals surface area contributed by atoms with Crippen molar-refractivity contribution >= 4 is 11.5 Å². The van der Waals surface area contributed by atoms with Crippen LogP contribution in [0, 0.1) is 6.92 Å². The number of benzene rings is 1. The van der Waals surface area contributed by atoms with E-state index in [4.69, 9.17) is 9.47 Å². The van der Waals surface area contributed by atoms with Crippen LogP contribution in [0.4, 0.5) is 0 Å². The highest BCUT2D eigenvalue weighted by molar-refractivity contribution is 7.07. The van der Waals surface area contributed by atoms with Gasteiger partial charge in [0.15, 0.2) is 17.3 Å². The van der Waals surface area contributed by atoms with Gasteiger partial charge in [-0.25, -0.2) is 4.98 Å². The van der Waals surface area contributed by atoms with E-state index in [0.29, 0.717) is 28.2 Å². The predicted octanol–water partition coefficient (Wildman–Crippen LogP) is 4.90. The number of ether oxygens (including phenoxy) is 2. The van der Waals surface area contributed by atoms with Crippen LogP contribution in [-0.2, 0) is 11.8 Å². The van der Waals surface area contributed by atoms with E-state index in [1.165, 1.54) is 17.1 Å². The molecular weight excluding hydrogens is 410 g/mol. The molecule has 0 saturated heterocycles. The molecule has 0 amide bonds. The predicted molar refractivity (Wildman–Crippen MR) is 124 cm³/mol. The topological polar surface area (TPSA) is 73.3 Å². The first-order valence-corrected chi connectivity index (χ1v) is 11.2. The van der Waals surface area contributed by atoms with Crippen molar-refractivity contribution in [2.45, 2.75) is 46.5 Å². The van der Waals surface area contributed by atoms with E-state index >= 15 is 0 Å². The lowest BCUT2D eigenvalue weighted by atomic mass is 9.93. The molecule has 0 aliphatic rings. The van der Waals surface area contributed by atoms with E-state index < -0.39 is 0 Å². The zero-order valence-electron chi connectivity index (χ0n) is 19.4. The van der Waals surface area contributed by atoms with Crippen LogP contribution in [0.25, 0.3) is 11.5 Å². The van der Waals surface area contributed by atoms with Crippen LogP contribution < -0.4 is 9.47 Å². The van der Waals surface area contributed by atoms with E-state index in [2.05, 4.69) is 65.9 Å². The quantitative estimate of drug-likeness (QED) is 0.492. The maximum atomic E-state index is 6.02. The summed E-state index contributed by atoms with van der Waals surface area (Å²) in [6, 6.07) is 4.05. The fourth-order valence-corrected chi connectivity index (χ4v) is 3.51. The molecule has 1 aromatic carbocycles. The lowest BCUT2D eigenvalue weighted by molar-refractivity contribution is 0.355. The number of methoxy groups -OCH3 is 1. The van der Waals surface area contributed by atoms with Crippen LogP contribution in [-0.4, -0.2) is 51.5 Å². The Bertz CT molecular complexity index is 1010. The maximum absolute atomic E-state index is 6.02. The molecule has 2 heterocycles. The molecule has 0 unspecified atom stereocenters. The number of hydrogen-bond donors (Lipinski definition) is 0. The second kappa shape index (κ2) is 9.70. The van der Waals surface area contributed by atoms with Crippen molar-refractivity contribution in [3.8, 4) is 28.2 Å². The third kappa shape index (κ3) is 5.77. The van der Waals surface area contributed by atoms with Crippen LogP contribution in [0.1, 0.15) is 44.5 Å². The standard InChI is InChI=1S/C23H31N5O2S/c1-8-28(6)10-9-16-12-18(29-7)19(11-15(16)2)30-22-26-21(27-31-22)17-13-25-20(14-24-17)23(3,4)5/h11-14H,8-10H2,1-7H3. The summed E-state index contributed by atoms with van der Waals surface area (Å²) in [4.78, 5) is 15.7. The molecule has 0 radical (unpaired) electrons. The van der Waals surface area contributed by atoms with Gasteiger partial charge in [-0.1, -0.05) is 27.7 Å². The van der Waals surface area contributed by atoms with Crippen LogP contribution >= 0.6 is 11.5 Å². The van der Waals surface area contributed by atoms with Gasteiger partial charge in [0.2, 0.25) is 0 Å². The second-order valence-corrected chi connectivity index (χ2v) is 9.31. The molecule has 0 bridgehead atoms. The first kappa shape index (κ1) is 23.1. The highest BCUT2D eigenvalue weighted by atomic mass is 32.1. The highest BCUT2D eigenvalue weighted by Gasteiger charge is 2.18. The summed E-state index contributed by atoms with van der Waals surface area (Å²) in [5, 5.41) is 0.438. The maximum Gasteiger partial charge on any atom is 0.299 e. The number of likely N-dealkylation sites (N-methyl/N-ethyl adjacent to an activating group) is 1. The smallest absolute Gasteiger partial charge is 0.299 e. The molecule has 31 heavy (non-hydrogen) atoms. The van der Waals surface area contributed by atoms with Crippen molar-refractivity contribution < 1.29 is 9.47 Å². The van der Waals surface area contributed by atoms with Gasteiger partial charge in [0.1, 0.15) is 5.69 Å². The third-order valence-corrected chi connectivity index (χ3v) is 5.77. The van der Waals surface area contributed by atoms with Gasteiger partial charge in [0.05, 0.1) is 19.0 Å². The zero-order valence-corrected chi connectivity index (χ0v) is 20.2. The van der Waals surface area contributed by atoms with Gasteiger partial charge < -0.3 is 14.4 Å². The lowest BCUT2D eigenvalue weighted by Gasteiger charge is -2.16.